The minimum atomic E-state index is 0.0204. The van der Waals surface area contributed by atoms with Gasteiger partial charge in [0.25, 0.3) is 0 Å². The minimum absolute atomic E-state index is 0.0204. The summed E-state index contributed by atoms with van der Waals surface area (Å²) in [4.78, 5) is 4.30. The van der Waals surface area contributed by atoms with E-state index in [1.807, 2.05) is 17.7 Å². The normalized spacial score (nSPS) is 12.6. The van der Waals surface area contributed by atoms with E-state index in [0.29, 0.717) is 6.42 Å². The molecule has 2 aromatic rings. The van der Waals surface area contributed by atoms with Gasteiger partial charge in [-0.1, -0.05) is 22.0 Å². The van der Waals surface area contributed by atoms with E-state index in [2.05, 4.69) is 50.5 Å². The molecule has 1 atom stereocenters. The Morgan fingerprint density at radius 3 is 2.95 bits per heavy atom. The molecule has 102 valence electrons. The summed E-state index contributed by atoms with van der Waals surface area (Å²) >= 11 is 3.50. The number of hydrazine groups is 1. The van der Waals surface area contributed by atoms with Gasteiger partial charge in [-0.05, 0) is 37.1 Å². The van der Waals surface area contributed by atoms with Gasteiger partial charge in [-0.15, -0.1) is 0 Å². The molecule has 0 fully saturated rings. The second kappa shape index (κ2) is 6.27. The zero-order valence-electron chi connectivity index (χ0n) is 11.1. The number of nitrogens with zero attached hydrogens (tertiary/aromatic N) is 3. The highest BCUT2D eigenvalue weighted by Crippen LogP contribution is 2.24. The Balaban J connectivity index is 2.27. The molecule has 1 unspecified atom stereocenters. The second-order valence-electron chi connectivity index (χ2n) is 4.42. The minimum Gasteiger partial charge on any atom is -0.271 e. The van der Waals surface area contributed by atoms with E-state index in [0.717, 1.165) is 16.8 Å². The van der Waals surface area contributed by atoms with E-state index in [4.69, 9.17) is 5.84 Å². The highest BCUT2D eigenvalue weighted by atomic mass is 79.9. The van der Waals surface area contributed by atoms with Crippen LogP contribution in [-0.2, 0) is 13.0 Å². The van der Waals surface area contributed by atoms with Gasteiger partial charge in [-0.25, -0.2) is 4.98 Å². The summed E-state index contributed by atoms with van der Waals surface area (Å²) in [6, 6.07) is 6.22. The van der Waals surface area contributed by atoms with Crippen LogP contribution in [0.5, 0.6) is 0 Å². The fraction of sp³-hybridized carbons (Fsp3) is 0.385. The smallest absolute Gasteiger partial charge is 0.138 e. The van der Waals surface area contributed by atoms with Gasteiger partial charge in [0.2, 0.25) is 0 Å². The lowest BCUT2D eigenvalue weighted by Crippen LogP contribution is -2.31. The monoisotopic (exact) mass is 323 g/mol. The van der Waals surface area contributed by atoms with Gasteiger partial charge in [0, 0.05) is 17.4 Å². The van der Waals surface area contributed by atoms with E-state index in [1.165, 1.54) is 11.1 Å². The quantitative estimate of drug-likeness (QED) is 0.653. The molecule has 0 saturated carbocycles. The lowest BCUT2D eigenvalue weighted by molar-refractivity contribution is 0.508. The second-order valence-corrected chi connectivity index (χ2v) is 5.33. The number of hydrogen-bond donors (Lipinski definition) is 2. The summed E-state index contributed by atoms with van der Waals surface area (Å²) in [6.45, 7) is 4.94. The Bertz CT molecular complexity index is 552. The van der Waals surface area contributed by atoms with Crippen LogP contribution in [-0.4, -0.2) is 14.8 Å². The summed E-state index contributed by atoms with van der Waals surface area (Å²) in [6.07, 6.45) is 2.29. The van der Waals surface area contributed by atoms with Gasteiger partial charge in [0.05, 0.1) is 6.04 Å². The molecule has 5 nitrogen and oxygen atoms in total. The van der Waals surface area contributed by atoms with Gasteiger partial charge in [0.15, 0.2) is 0 Å². The van der Waals surface area contributed by atoms with Gasteiger partial charge in [0.1, 0.15) is 12.2 Å². The van der Waals surface area contributed by atoms with Crippen LogP contribution < -0.4 is 11.3 Å². The first-order valence-electron chi connectivity index (χ1n) is 6.24. The summed E-state index contributed by atoms with van der Waals surface area (Å²) in [7, 11) is 0. The lowest BCUT2D eigenvalue weighted by atomic mass is 9.99. The van der Waals surface area contributed by atoms with Crippen LogP contribution in [0.1, 0.15) is 29.9 Å². The largest absolute Gasteiger partial charge is 0.271 e. The van der Waals surface area contributed by atoms with Crippen molar-refractivity contribution in [2.24, 2.45) is 5.84 Å². The van der Waals surface area contributed by atoms with E-state index < -0.39 is 0 Å². The molecule has 6 heteroatoms. The third-order valence-electron chi connectivity index (χ3n) is 3.20. The first-order valence-corrected chi connectivity index (χ1v) is 7.03. The summed E-state index contributed by atoms with van der Waals surface area (Å²) in [5.74, 6) is 6.64. The maximum Gasteiger partial charge on any atom is 0.138 e. The molecule has 1 aromatic heterocycles. The lowest BCUT2D eigenvalue weighted by Gasteiger charge is -2.18. The molecule has 0 aliphatic carbocycles. The number of aromatic nitrogens is 3. The Labute approximate surface area is 121 Å². The van der Waals surface area contributed by atoms with Crippen molar-refractivity contribution in [1.82, 2.24) is 20.2 Å². The topological polar surface area (TPSA) is 68.8 Å². The third kappa shape index (κ3) is 3.20. The molecule has 0 spiro atoms. The number of rotatable bonds is 5. The first kappa shape index (κ1) is 14.2. The van der Waals surface area contributed by atoms with Crippen molar-refractivity contribution in [3.05, 3.63) is 46.0 Å². The van der Waals surface area contributed by atoms with E-state index in [1.54, 1.807) is 6.33 Å². The summed E-state index contributed by atoms with van der Waals surface area (Å²) in [5, 5.41) is 4.18. The number of aryl methyl sites for hydroxylation is 2. The molecule has 0 amide bonds. The number of benzene rings is 1. The molecule has 0 radical (unpaired) electrons. The maximum atomic E-state index is 5.71. The van der Waals surface area contributed by atoms with E-state index in [9.17, 15) is 0 Å². The molecule has 1 heterocycles. The fourth-order valence-corrected chi connectivity index (χ4v) is 2.52. The number of nitrogens with one attached hydrogen (secondary N) is 1. The fourth-order valence-electron chi connectivity index (χ4n) is 2.14. The molecular weight excluding hydrogens is 306 g/mol. The van der Waals surface area contributed by atoms with Crippen molar-refractivity contribution in [3.63, 3.8) is 0 Å². The van der Waals surface area contributed by atoms with Crippen LogP contribution in [0, 0.1) is 6.92 Å². The van der Waals surface area contributed by atoms with Crippen LogP contribution in [0.15, 0.2) is 29.0 Å². The molecule has 0 aliphatic rings. The predicted molar refractivity (Wildman–Crippen MR) is 78.3 cm³/mol. The maximum absolute atomic E-state index is 5.71. The van der Waals surface area contributed by atoms with Crippen LogP contribution in [0.2, 0.25) is 0 Å². The van der Waals surface area contributed by atoms with Crippen LogP contribution in [0.25, 0.3) is 0 Å². The number of hydrogen-bond acceptors (Lipinski definition) is 4. The molecule has 1 aromatic carbocycles. The van der Waals surface area contributed by atoms with Crippen molar-refractivity contribution in [3.8, 4) is 0 Å². The molecule has 2 rings (SSSR count). The Hall–Kier alpha value is -1.24. The van der Waals surface area contributed by atoms with E-state index >= 15 is 0 Å². The Morgan fingerprint density at radius 1 is 1.47 bits per heavy atom. The number of nitrogens with two attached hydrogens (primary N) is 1. The van der Waals surface area contributed by atoms with Crippen molar-refractivity contribution < 1.29 is 0 Å². The first-order chi connectivity index (χ1) is 9.15. The zero-order chi connectivity index (χ0) is 13.8. The van der Waals surface area contributed by atoms with Gasteiger partial charge in [-0.2, -0.15) is 5.10 Å². The number of halogens is 1. The highest BCUT2D eigenvalue weighted by Gasteiger charge is 2.16. The molecular formula is C13H18BrN5. The predicted octanol–water partition coefficient (Wildman–Crippen LogP) is 2.12. The van der Waals surface area contributed by atoms with Crippen molar-refractivity contribution in [2.75, 3.05) is 0 Å². The standard InChI is InChI=1S/C13H18BrN5/c1-3-19-13(16-8-17-19)7-12(18-15)11-6-10(14)5-4-9(11)2/h4-6,8,12,18H,3,7,15H2,1-2H3. The average molecular weight is 324 g/mol. The molecule has 0 saturated heterocycles. The molecule has 19 heavy (non-hydrogen) atoms. The van der Waals surface area contributed by atoms with Gasteiger partial charge < -0.3 is 0 Å². The Morgan fingerprint density at radius 2 is 2.26 bits per heavy atom. The third-order valence-corrected chi connectivity index (χ3v) is 3.69. The molecule has 0 aliphatic heterocycles. The van der Waals surface area contributed by atoms with Crippen molar-refractivity contribution in [2.45, 2.75) is 32.9 Å². The summed E-state index contributed by atoms with van der Waals surface area (Å²) < 4.78 is 2.93. The van der Waals surface area contributed by atoms with Crippen molar-refractivity contribution >= 4 is 15.9 Å². The van der Waals surface area contributed by atoms with Gasteiger partial charge in [-0.3, -0.25) is 16.0 Å². The van der Waals surface area contributed by atoms with E-state index in [-0.39, 0.29) is 6.04 Å². The molecule has 0 bridgehead atoms. The van der Waals surface area contributed by atoms with Crippen LogP contribution >= 0.6 is 15.9 Å². The zero-order valence-corrected chi connectivity index (χ0v) is 12.7. The SMILES string of the molecule is CCn1ncnc1CC(NN)c1cc(Br)ccc1C. The highest BCUT2D eigenvalue weighted by molar-refractivity contribution is 9.10. The average Bonchev–Trinajstić information content (AvgIpc) is 2.86. The molecule has 3 N–H and O–H groups in total. The van der Waals surface area contributed by atoms with Crippen LogP contribution in [0.3, 0.4) is 0 Å². The Kier molecular flexibility index (Phi) is 4.68. The summed E-state index contributed by atoms with van der Waals surface area (Å²) in [5.41, 5.74) is 5.25. The van der Waals surface area contributed by atoms with Gasteiger partial charge >= 0.3 is 0 Å². The van der Waals surface area contributed by atoms with Crippen molar-refractivity contribution in [1.29, 1.82) is 0 Å². The van der Waals surface area contributed by atoms with Crippen LogP contribution in [0.4, 0.5) is 0 Å².